The highest BCUT2D eigenvalue weighted by molar-refractivity contribution is 5.81. The summed E-state index contributed by atoms with van der Waals surface area (Å²) in [5.41, 5.74) is -0.416. The van der Waals surface area contributed by atoms with Gasteiger partial charge < -0.3 is 9.47 Å². The molecule has 104 valence electrons. The molecule has 0 spiro atoms. The lowest BCUT2D eigenvalue weighted by Crippen LogP contribution is -2.23. The fourth-order valence-corrected chi connectivity index (χ4v) is 1.29. The molecule has 0 saturated carbocycles. The lowest BCUT2D eigenvalue weighted by atomic mass is 10.1. The highest BCUT2D eigenvalue weighted by Crippen LogP contribution is 2.10. The van der Waals surface area contributed by atoms with Gasteiger partial charge in [0.05, 0.1) is 6.61 Å². The summed E-state index contributed by atoms with van der Waals surface area (Å²) in [6, 6.07) is 0. The third-order valence-electron chi connectivity index (χ3n) is 1.96. The van der Waals surface area contributed by atoms with Crippen LogP contribution in [-0.2, 0) is 19.1 Å². The Kier molecular flexibility index (Phi) is 8.08. The van der Waals surface area contributed by atoms with Gasteiger partial charge in [-0.3, -0.25) is 4.79 Å². The molecule has 0 amide bonds. The van der Waals surface area contributed by atoms with E-state index in [1.165, 1.54) is 6.08 Å². The third-order valence-corrected chi connectivity index (χ3v) is 1.96. The molecule has 4 nitrogen and oxygen atoms in total. The second-order valence-electron chi connectivity index (χ2n) is 4.99. The maximum atomic E-state index is 11.4. The monoisotopic (exact) mass is 256 g/mol. The second-order valence-corrected chi connectivity index (χ2v) is 4.99. The summed E-state index contributed by atoms with van der Waals surface area (Å²) in [5.74, 6) is -0.485. The molecule has 0 aliphatic carbocycles. The largest absolute Gasteiger partial charge is 0.463 e. The van der Waals surface area contributed by atoms with Crippen molar-refractivity contribution >= 4 is 11.9 Å². The molecule has 0 radical (unpaired) electrons. The van der Waals surface area contributed by atoms with E-state index >= 15 is 0 Å². The molecule has 0 N–H and O–H groups in total. The van der Waals surface area contributed by atoms with Crippen LogP contribution in [0.4, 0.5) is 0 Å². The van der Waals surface area contributed by atoms with E-state index < -0.39 is 5.60 Å². The topological polar surface area (TPSA) is 52.6 Å². The zero-order valence-corrected chi connectivity index (χ0v) is 11.8. The van der Waals surface area contributed by atoms with Gasteiger partial charge in [-0.1, -0.05) is 6.08 Å². The highest BCUT2D eigenvalue weighted by atomic mass is 16.6. The van der Waals surface area contributed by atoms with Gasteiger partial charge in [0.25, 0.3) is 0 Å². The summed E-state index contributed by atoms with van der Waals surface area (Å²) in [7, 11) is 0. The molecule has 18 heavy (non-hydrogen) atoms. The first-order valence-corrected chi connectivity index (χ1v) is 6.40. The number of carbonyl (C=O) groups excluding carboxylic acids is 2. The molecular formula is C14H24O4. The normalized spacial score (nSPS) is 11.6. The van der Waals surface area contributed by atoms with E-state index in [0.29, 0.717) is 13.0 Å². The average molecular weight is 256 g/mol. The highest BCUT2D eigenvalue weighted by Gasteiger charge is 2.15. The molecule has 0 heterocycles. The SMILES string of the molecule is CCOC(=O)/C=C/CCCCC(=O)OC(C)(C)C. The Hall–Kier alpha value is -1.32. The predicted molar refractivity (Wildman–Crippen MR) is 70.1 cm³/mol. The molecular weight excluding hydrogens is 232 g/mol. The van der Waals surface area contributed by atoms with Crippen LogP contribution in [0.1, 0.15) is 53.4 Å². The van der Waals surface area contributed by atoms with E-state index in [1.54, 1.807) is 13.0 Å². The van der Waals surface area contributed by atoms with Crippen LogP contribution in [0.15, 0.2) is 12.2 Å². The maximum absolute atomic E-state index is 11.4. The second kappa shape index (κ2) is 8.72. The molecule has 0 aromatic carbocycles. The Morgan fingerprint density at radius 3 is 2.39 bits per heavy atom. The summed E-state index contributed by atoms with van der Waals surface area (Å²) in [4.78, 5) is 22.3. The van der Waals surface area contributed by atoms with Crippen molar-refractivity contribution in [1.29, 1.82) is 0 Å². The van der Waals surface area contributed by atoms with Crippen LogP contribution in [0, 0.1) is 0 Å². The summed E-state index contributed by atoms with van der Waals surface area (Å²) in [6.45, 7) is 7.72. The number of rotatable bonds is 7. The van der Waals surface area contributed by atoms with Crippen molar-refractivity contribution in [3.63, 3.8) is 0 Å². The van der Waals surface area contributed by atoms with Crippen molar-refractivity contribution in [3.8, 4) is 0 Å². The van der Waals surface area contributed by atoms with Crippen LogP contribution in [0.5, 0.6) is 0 Å². The molecule has 0 saturated heterocycles. The standard InChI is InChI=1S/C14H24O4/c1-5-17-12(15)10-8-6-7-9-11-13(16)18-14(2,3)4/h8,10H,5-7,9,11H2,1-4H3/b10-8+. The van der Waals surface area contributed by atoms with Crippen LogP contribution in [0.3, 0.4) is 0 Å². The number of unbranched alkanes of at least 4 members (excludes halogenated alkanes) is 2. The van der Waals surface area contributed by atoms with Gasteiger partial charge in [0.1, 0.15) is 5.60 Å². The van der Waals surface area contributed by atoms with E-state index in [-0.39, 0.29) is 11.9 Å². The Morgan fingerprint density at radius 2 is 1.83 bits per heavy atom. The Balaban J connectivity index is 3.57. The van der Waals surface area contributed by atoms with Crippen LogP contribution >= 0.6 is 0 Å². The number of esters is 2. The molecule has 0 aromatic heterocycles. The van der Waals surface area contributed by atoms with Crippen molar-refractivity contribution < 1.29 is 19.1 Å². The van der Waals surface area contributed by atoms with Crippen molar-refractivity contribution in [2.45, 2.75) is 59.0 Å². The zero-order chi connectivity index (χ0) is 14.0. The summed E-state index contributed by atoms with van der Waals surface area (Å²) in [5, 5.41) is 0. The van der Waals surface area contributed by atoms with E-state index in [1.807, 2.05) is 20.8 Å². The Labute approximate surface area is 109 Å². The molecule has 0 bridgehead atoms. The number of ether oxygens (including phenoxy) is 2. The quantitative estimate of drug-likeness (QED) is 0.399. The molecule has 0 aromatic rings. The number of hydrogen-bond donors (Lipinski definition) is 0. The lowest BCUT2D eigenvalue weighted by Gasteiger charge is -2.19. The minimum Gasteiger partial charge on any atom is -0.463 e. The zero-order valence-electron chi connectivity index (χ0n) is 11.8. The van der Waals surface area contributed by atoms with Gasteiger partial charge in [0.15, 0.2) is 0 Å². The summed E-state index contributed by atoms with van der Waals surface area (Å²) in [6.07, 6.45) is 6.01. The fraction of sp³-hybridized carbons (Fsp3) is 0.714. The van der Waals surface area contributed by atoms with E-state index in [9.17, 15) is 9.59 Å². The lowest BCUT2D eigenvalue weighted by molar-refractivity contribution is -0.155. The van der Waals surface area contributed by atoms with E-state index in [0.717, 1.165) is 19.3 Å². The first-order chi connectivity index (χ1) is 8.35. The minimum absolute atomic E-state index is 0.170. The van der Waals surface area contributed by atoms with Gasteiger partial charge in [-0.2, -0.15) is 0 Å². The summed E-state index contributed by atoms with van der Waals surface area (Å²) >= 11 is 0. The first kappa shape index (κ1) is 16.7. The van der Waals surface area contributed by atoms with Gasteiger partial charge in [-0.05, 0) is 47.0 Å². The Bertz CT molecular complexity index is 287. The van der Waals surface area contributed by atoms with Crippen molar-refractivity contribution in [1.82, 2.24) is 0 Å². The van der Waals surface area contributed by atoms with Crippen LogP contribution < -0.4 is 0 Å². The number of allylic oxidation sites excluding steroid dienone is 1. The predicted octanol–water partition coefficient (Wildman–Crippen LogP) is 3.01. The molecule has 0 aliphatic heterocycles. The van der Waals surface area contributed by atoms with E-state index in [4.69, 9.17) is 9.47 Å². The smallest absolute Gasteiger partial charge is 0.330 e. The van der Waals surface area contributed by atoms with Crippen molar-refractivity contribution in [2.75, 3.05) is 6.61 Å². The number of carbonyl (C=O) groups is 2. The van der Waals surface area contributed by atoms with Crippen LogP contribution in [0.25, 0.3) is 0 Å². The van der Waals surface area contributed by atoms with Gasteiger partial charge in [-0.25, -0.2) is 4.79 Å². The van der Waals surface area contributed by atoms with Crippen molar-refractivity contribution in [2.24, 2.45) is 0 Å². The third kappa shape index (κ3) is 11.2. The Morgan fingerprint density at radius 1 is 1.17 bits per heavy atom. The van der Waals surface area contributed by atoms with Gasteiger partial charge in [-0.15, -0.1) is 0 Å². The molecule has 0 fully saturated rings. The average Bonchev–Trinajstić information content (AvgIpc) is 2.21. The molecule has 0 rings (SSSR count). The van der Waals surface area contributed by atoms with E-state index in [2.05, 4.69) is 0 Å². The molecule has 4 heteroatoms. The fourth-order valence-electron chi connectivity index (χ4n) is 1.29. The van der Waals surface area contributed by atoms with Gasteiger partial charge in [0, 0.05) is 12.5 Å². The van der Waals surface area contributed by atoms with Gasteiger partial charge >= 0.3 is 11.9 Å². The van der Waals surface area contributed by atoms with Crippen LogP contribution in [0.2, 0.25) is 0 Å². The number of hydrogen-bond acceptors (Lipinski definition) is 4. The van der Waals surface area contributed by atoms with Crippen LogP contribution in [-0.4, -0.2) is 24.1 Å². The first-order valence-electron chi connectivity index (χ1n) is 6.40. The van der Waals surface area contributed by atoms with Crippen molar-refractivity contribution in [3.05, 3.63) is 12.2 Å². The molecule has 0 atom stereocenters. The summed E-state index contributed by atoms with van der Waals surface area (Å²) < 4.78 is 9.92. The van der Waals surface area contributed by atoms with Gasteiger partial charge in [0.2, 0.25) is 0 Å². The molecule has 0 unspecified atom stereocenters. The minimum atomic E-state index is -0.416. The molecule has 0 aliphatic rings. The maximum Gasteiger partial charge on any atom is 0.330 e.